The predicted octanol–water partition coefficient (Wildman–Crippen LogP) is 2.60. The van der Waals surface area contributed by atoms with Gasteiger partial charge in [-0.2, -0.15) is 0 Å². The lowest BCUT2D eigenvalue weighted by molar-refractivity contribution is -0.120. The molecule has 106 valence electrons. The Hall–Kier alpha value is -1.04. The lowest BCUT2D eigenvalue weighted by Crippen LogP contribution is -2.22. The number of hydrogen-bond acceptors (Lipinski definition) is 4. The maximum Gasteiger partial charge on any atom is 0.220 e. The van der Waals surface area contributed by atoms with Gasteiger partial charge in [0.25, 0.3) is 0 Å². The molecule has 4 nitrogen and oxygen atoms in total. The van der Waals surface area contributed by atoms with E-state index in [9.17, 15) is 4.79 Å². The summed E-state index contributed by atoms with van der Waals surface area (Å²) in [5.41, 5.74) is 0.984. The van der Waals surface area contributed by atoms with Crippen molar-refractivity contribution in [2.45, 2.75) is 24.5 Å². The van der Waals surface area contributed by atoms with Crippen molar-refractivity contribution < 1.29 is 14.3 Å². The second-order valence-corrected chi connectivity index (χ2v) is 5.09. The molecule has 0 fully saturated rings. The minimum Gasteiger partial charge on any atom is -0.356 e. The van der Waals surface area contributed by atoms with E-state index in [1.807, 2.05) is 31.2 Å². The molecule has 0 saturated heterocycles. The number of hydrogen-bond donors (Lipinski definition) is 1. The highest BCUT2D eigenvalue weighted by Crippen LogP contribution is 2.23. The van der Waals surface area contributed by atoms with Crippen molar-refractivity contribution in [2.75, 3.05) is 26.5 Å². The molecule has 0 heterocycles. The second-order valence-electron chi connectivity index (χ2n) is 3.92. The van der Waals surface area contributed by atoms with Crippen LogP contribution in [0.2, 0.25) is 0 Å². The molecule has 19 heavy (non-hydrogen) atoms. The van der Waals surface area contributed by atoms with E-state index in [4.69, 9.17) is 9.47 Å². The lowest BCUT2D eigenvalue weighted by atomic mass is 10.2. The Kier molecular flexibility index (Phi) is 7.55. The van der Waals surface area contributed by atoms with Gasteiger partial charge in [-0.3, -0.25) is 4.79 Å². The molecule has 1 aromatic carbocycles. The van der Waals surface area contributed by atoms with Gasteiger partial charge < -0.3 is 14.8 Å². The van der Waals surface area contributed by atoms with Crippen molar-refractivity contribution in [1.29, 1.82) is 0 Å². The zero-order valence-electron chi connectivity index (χ0n) is 11.6. The number of benzene rings is 1. The minimum atomic E-state index is -0.325. The Morgan fingerprint density at radius 2 is 1.89 bits per heavy atom. The number of thioether (sulfide) groups is 1. The van der Waals surface area contributed by atoms with E-state index in [0.717, 1.165) is 16.2 Å². The van der Waals surface area contributed by atoms with Crippen LogP contribution in [0.4, 0.5) is 0 Å². The SMILES string of the molecule is CCNC(=O)CCSc1ccc(C(OC)OC)cc1. The van der Waals surface area contributed by atoms with Crippen molar-refractivity contribution >= 4 is 17.7 Å². The van der Waals surface area contributed by atoms with Crippen LogP contribution in [0, 0.1) is 0 Å². The molecule has 0 bridgehead atoms. The van der Waals surface area contributed by atoms with Crippen LogP contribution in [0.1, 0.15) is 25.2 Å². The molecule has 0 aliphatic carbocycles. The molecule has 1 N–H and O–H groups in total. The van der Waals surface area contributed by atoms with Crippen molar-refractivity contribution in [2.24, 2.45) is 0 Å². The Morgan fingerprint density at radius 3 is 2.42 bits per heavy atom. The molecule has 1 amide bonds. The van der Waals surface area contributed by atoms with Gasteiger partial charge in [0.1, 0.15) is 0 Å². The summed E-state index contributed by atoms with van der Waals surface area (Å²) < 4.78 is 10.4. The summed E-state index contributed by atoms with van der Waals surface area (Å²) >= 11 is 1.67. The van der Waals surface area contributed by atoms with Crippen LogP contribution < -0.4 is 5.32 Å². The third kappa shape index (κ3) is 5.63. The molecular formula is C14H21NO3S. The number of carbonyl (C=O) groups is 1. The number of amides is 1. The van der Waals surface area contributed by atoms with Crippen LogP contribution >= 0.6 is 11.8 Å². The zero-order chi connectivity index (χ0) is 14.1. The predicted molar refractivity (Wildman–Crippen MR) is 77.2 cm³/mol. The van der Waals surface area contributed by atoms with E-state index in [-0.39, 0.29) is 12.2 Å². The number of methoxy groups -OCH3 is 2. The van der Waals surface area contributed by atoms with Crippen molar-refractivity contribution in [3.63, 3.8) is 0 Å². The van der Waals surface area contributed by atoms with Crippen molar-refractivity contribution in [1.82, 2.24) is 5.32 Å². The monoisotopic (exact) mass is 283 g/mol. The number of rotatable bonds is 8. The van der Waals surface area contributed by atoms with E-state index in [1.165, 1.54) is 0 Å². The Balaban J connectivity index is 2.42. The first kappa shape index (κ1) is 16.0. The highest BCUT2D eigenvalue weighted by Gasteiger charge is 2.08. The van der Waals surface area contributed by atoms with Gasteiger partial charge in [0.15, 0.2) is 6.29 Å². The number of nitrogens with one attached hydrogen (secondary N) is 1. The van der Waals surface area contributed by atoms with Crippen LogP contribution in [0.25, 0.3) is 0 Å². The third-order valence-corrected chi connectivity index (χ3v) is 3.57. The van der Waals surface area contributed by atoms with Crippen LogP contribution in [0.5, 0.6) is 0 Å². The van der Waals surface area contributed by atoms with E-state index in [2.05, 4.69) is 5.32 Å². The maximum atomic E-state index is 11.3. The topological polar surface area (TPSA) is 47.6 Å². The first-order valence-electron chi connectivity index (χ1n) is 6.26. The summed E-state index contributed by atoms with van der Waals surface area (Å²) in [5.74, 6) is 0.883. The van der Waals surface area contributed by atoms with Crippen molar-refractivity contribution in [3.05, 3.63) is 29.8 Å². The van der Waals surface area contributed by atoms with Gasteiger partial charge in [-0.25, -0.2) is 0 Å². The summed E-state index contributed by atoms with van der Waals surface area (Å²) in [6, 6.07) is 7.99. The van der Waals surface area contributed by atoms with Gasteiger partial charge in [-0.15, -0.1) is 11.8 Å². The van der Waals surface area contributed by atoms with Crippen LogP contribution in [0.3, 0.4) is 0 Å². The van der Waals surface area contributed by atoms with Crippen LogP contribution in [-0.2, 0) is 14.3 Å². The average molecular weight is 283 g/mol. The molecular weight excluding hydrogens is 262 g/mol. The molecule has 0 saturated carbocycles. The first-order chi connectivity index (χ1) is 9.21. The lowest BCUT2D eigenvalue weighted by Gasteiger charge is -2.13. The van der Waals surface area contributed by atoms with Gasteiger partial charge in [0.05, 0.1) is 0 Å². The summed E-state index contributed by atoms with van der Waals surface area (Å²) in [7, 11) is 3.23. The summed E-state index contributed by atoms with van der Waals surface area (Å²) in [6.45, 7) is 2.61. The third-order valence-electron chi connectivity index (χ3n) is 2.55. The Morgan fingerprint density at radius 1 is 1.26 bits per heavy atom. The largest absolute Gasteiger partial charge is 0.356 e. The van der Waals surface area contributed by atoms with Gasteiger partial charge in [0, 0.05) is 43.4 Å². The van der Waals surface area contributed by atoms with Gasteiger partial charge >= 0.3 is 0 Å². The molecule has 0 aliphatic rings. The van der Waals surface area contributed by atoms with Gasteiger partial charge in [-0.1, -0.05) is 12.1 Å². The summed E-state index contributed by atoms with van der Waals surface area (Å²) in [6.07, 6.45) is 0.216. The molecule has 0 aromatic heterocycles. The highest BCUT2D eigenvalue weighted by molar-refractivity contribution is 7.99. The highest BCUT2D eigenvalue weighted by atomic mass is 32.2. The fourth-order valence-corrected chi connectivity index (χ4v) is 2.49. The number of ether oxygens (including phenoxy) is 2. The molecule has 1 rings (SSSR count). The fourth-order valence-electron chi connectivity index (χ4n) is 1.64. The summed E-state index contributed by atoms with van der Waals surface area (Å²) in [5, 5.41) is 2.79. The average Bonchev–Trinajstić information content (AvgIpc) is 2.42. The Bertz CT molecular complexity index is 377. The van der Waals surface area contributed by atoms with Crippen LogP contribution in [0.15, 0.2) is 29.2 Å². The van der Waals surface area contributed by atoms with Crippen LogP contribution in [-0.4, -0.2) is 32.4 Å². The minimum absolute atomic E-state index is 0.102. The summed E-state index contributed by atoms with van der Waals surface area (Å²) in [4.78, 5) is 12.4. The molecule has 0 atom stereocenters. The quantitative estimate of drug-likeness (QED) is 0.588. The van der Waals surface area contributed by atoms with Gasteiger partial charge in [0.2, 0.25) is 5.91 Å². The van der Waals surface area contributed by atoms with E-state index in [0.29, 0.717) is 13.0 Å². The maximum absolute atomic E-state index is 11.3. The fraction of sp³-hybridized carbons (Fsp3) is 0.500. The molecule has 0 unspecified atom stereocenters. The Labute approximate surface area is 118 Å². The molecule has 1 aromatic rings. The second kappa shape index (κ2) is 8.96. The van der Waals surface area contributed by atoms with E-state index >= 15 is 0 Å². The molecule has 0 radical (unpaired) electrons. The standard InChI is InChI=1S/C14H21NO3S/c1-4-15-13(16)9-10-19-12-7-5-11(6-8-12)14(17-2)18-3/h5-8,14H,4,9-10H2,1-3H3,(H,15,16). The van der Waals surface area contributed by atoms with Crippen molar-refractivity contribution in [3.8, 4) is 0 Å². The molecule has 0 spiro atoms. The molecule has 0 aliphatic heterocycles. The molecule has 5 heteroatoms. The first-order valence-corrected chi connectivity index (χ1v) is 7.24. The van der Waals surface area contributed by atoms with E-state index in [1.54, 1.807) is 26.0 Å². The zero-order valence-corrected chi connectivity index (χ0v) is 12.5. The van der Waals surface area contributed by atoms with Gasteiger partial charge in [-0.05, 0) is 19.1 Å². The van der Waals surface area contributed by atoms with E-state index < -0.39 is 0 Å². The smallest absolute Gasteiger partial charge is 0.220 e. The number of carbonyl (C=O) groups excluding carboxylic acids is 1. The normalized spacial score (nSPS) is 10.7.